The number of thioether (sulfide) groups is 1. The Morgan fingerprint density at radius 1 is 1.05 bits per heavy atom. The van der Waals surface area contributed by atoms with E-state index in [4.69, 9.17) is 31.2 Å². The molecule has 0 saturated heterocycles. The number of aryl methyl sites for hydroxylation is 1. The third-order valence-corrected chi connectivity index (χ3v) is 8.55. The van der Waals surface area contributed by atoms with E-state index < -0.39 is 6.04 Å². The summed E-state index contributed by atoms with van der Waals surface area (Å²) >= 11 is 7.88. The molecule has 43 heavy (non-hydrogen) atoms. The third-order valence-electron chi connectivity index (χ3n) is 7.29. The first-order chi connectivity index (χ1) is 20.8. The largest absolute Gasteiger partial charge is 0.490 e. The van der Waals surface area contributed by atoms with Crippen LogP contribution in [0.2, 0.25) is 5.02 Å². The number of fused-ring (bicyclic) bond motifs is 1. The molecule has 0 saturated carbocycles. The van der Waals surface area contributed by atoms with Crippen LogP contribution in [0.4, 0.5) is 11.6 Å². The Balaban J connectivity index is 1.55. The van der Waals surface area contributed by atoms with Crippen molar-refractivity contribution in [3.63, 3.8) is 0 Å². The van der Waals surface area contributed by atoms with Gasteiger partial charge in [0.2, 0.25) is 11.1 Å². The van der Waals surface area contributed by atoms with Gasteiger partial charge in [0.1, 0.15) is 6.04 Å². The molecule has 1 amide bonds. The molecular weight excluding hydrogens is 582 g/mol. The zero-order chi connectivity index (χ0) is 30.5. The Labute approximate surface area is 261 Å². The number of hydrogen-bond donors (Lipinski definition) is 2. The molecule has 1 unspecified atom stereocenters. The van der Waals surface area contributed by atoms with Crippen molar-refractivity contribution in [1.29, 1.82) is 0 Å². The first kappa shape index (κ1) is 30.5. The summed E-state index contributed by atoms with van der Waals surface area (Å²) in [7, 11) is 0. The predicted octanol–water partition coefficient (Wildman–Crippen LogP) is 7.96. The lowest BCUT2D eigenvalue weighted by Crippen LogP contribution is -2.31. The fraction of sp³-hybridized carbons (Fsp3) is 0.303. The van der Waals surface area contributed by atoms with Crippen molar-refractivity contribution >= 4 is 40.9 Å². The van der Waals surface area contributed by atoms with Crippen LogP contribution in [0.5, 0.6) is 11.5 Å². The maximum Gasteiger partial charge on any atom is 0.255 e. The van der Waals surface area contributed by atoms with Crippen molar-refractivity contribution < 1.29 is 14.3 Å². The first-order valence-electron chi connectivity index (χ1n) is 14.4. The molecule has 1 aromatic heterocycles. The van der Waals surface area contributed by atoms with Crippen LogP contribution in [0.15, 0.2) is 77.1 Å². The van der Waals surface area contributed by atoms with Gasteiger partial charge in [0.15, 0.2) is 11.5 Å². The minimum atomic E-state index is -0.567. The maximum atomic E-state index is 14.1. The number of carbonyl (C=O) groups is 1. The summed E-state index contributed by atoms with van der Waals surface area (Å²) in [6.07, 6.45) is 0.878. The van der Waals surface area contributed by atoms with E-state index in [1.54, 1.807) is 4.68 Å². The number of ether oxygens (including phenoxy) is 2. The molecule has 0 radical (unpaired) electrons. The van der Waals surface area contributed by atoms with E-state index in [1.807, 2.05) is 88.4 Å². The molecule has 0 spiro atoms. The predicted molar refractivity (Wildman–Crippen MR) is 173 cm³/mol. The van der Waals surface area contributed by atoms with Crippen LogP contribution < -0.4 is 20.1 Å². The molecule has 3 aromatic carbocycles. The van der Waals surface area contributed by atoms with Gasteiger partial charge in [-0.2, -0.15) is 4.98 Å². The zero-order valence-electron chi connectivity index (χ0n) is 25.0. The molecule has 4 aromatic rings. The van der Waals surface area contributed by atoms with Gasteiger partial charge in [-0.25, -0.2) is 4.68 Å². The lowest BCUT2D eigenvalue weighted by molar-refractivity contribution is -0.113. The highest BCUT2D eigenvalue weighted by atomic mass is 35.5. The molecule has 8 nitrogen and oxygen atoms in total. The number of nitrogens with zero attached hydrogens (tertiary/aromatic N) is 3. The number of hydrogen-bond acceptors (Lipinski definition) is 7. The normalized spacial score (nSPS) is 14.2. The van der Waals surface area contributed by atoms with Crippen LogP contribution in [0.1, 0.15) is 55.5 Å². The molecule has 1 aliphatic rings. The summed E-state index contributed by atoms with van der Waals surface area (Å²) in [5.41, 5.74) is 5.94. The lowest BCUT2D eigenvalue weighted by Gasteiger charge is -2.29. The van der Waals surface area contributed by atoms with Gasteiger partial charge in [-0.15, -0.1) is 5.10 Å². The van der Waals surface area contributed by atoms with E-state index in [0.29, 0.717) is 57.9 Å². The van der Waals surface area contributed by atoms with Crippen molar-refractivity contribution in [2.24, 2.45) is 0 Å². The summed E-state index contributed by atoms with van der Waals surface area (Å²) in [6.45, 7) is 11.0. The number of benzene rings is 3. The molecule has 1 atom stereocenters. The number of carbonyl (C=O) groups excluding carboxylic acids is 1. The topological polar surface area (TPSA) is 90.3 Å². The van der Waals surface area contributed by atoms with Crippen molar-refractivity contribution in [3.8, 4) is 11.5 Å². The van der Waals surface area contributed by atoms with Gasteiger partial charge in [0.25, 0.3) is 5.91 Å². The maximum absolute atomic E-state index is 14.1. The average molecular weight is 618 g/mol. The number of nitrogens with one attached hydrogen (secondary N) is 2. The highest BCUT2D eigenvalue weighted by molar-refractivity contribution is 7.98. The van der Waals surface area contributed by atoms with Gasteiger partial charge in [-0.05, 0) is 80.6 Å². The Kier molecular flexibility index (Phi) is 9.62. The molecule has 0 fully saturated rings. The highest BCUT2D eigenvalue weighted by Gasteiger charge is 2.35. The Hall–Kier alpha value is -3.95. The van der Waals surface area contributed by atoms with Gasteiger partial charge < -0.3 is 20.1 Å². The summed E-state index contributed by atoms with van der Waals surface area (Å²) in [5, 5.41) is 12.6. The standard InChI is InChI=1S/C33H36ClN5O3S/c1-6-17-42-27-16-15-23(18-28(27)41-7-2)30-29(31(40)36-26-14-10-11-20(3)21(26)4)22(5)35-32-37-33(38-39(30)32)43-19-24-12-8-9-13-25(24)34/h8-16,18,30H,6-7,17,19H2,1-5H3,(H,36,40)(H,35,37,38). The van der Waals surface area contributed by atoms with Crippen LogP contribution in [0, 0.1) is 13.8 Å². The van der Waals surface area contributed by atoms with E-state index in [-0.39, 0.29) is 5.91 Å². The van der Waals surface area contributed by atoms with Crippen LogP contribution >= 0.6 is 23.4 Å². The molecule has 2 heterocycles. The van der Waals surface area contributed by atoms with Crippen LogP contribution in [-0.4, -0.2) is 33.9 Å². The summed E-state index contributed by atoms with van der Waals surface area (Å²) < 4.78 is 13.7. The number of rotatable bonds is 11. The highest BCUT2D eigenvalue weighted by Crippen LogP contribution is 2.40. The molecular formula is C33H36ClN5O3S. The number of amides is 1. The smallest absolute Gasteiger partial charge is 0.255 e. The second-order valence-electron chi connectivity index (χ2n) is 10.3. The summed E-state index contributed by atoms with van der Waals surface area (Å²) in [5.74, 6) is 2.22. The number of aromatic nitrogens is 3. The van der Waals surface area contributed by atoms with Crippen molar-refractivity contribution in [1.82, 2.24) is 14.8 Å². The Bertz CT molecular complexity index is 1670. The molecule has 2 N–H and O–H groups in total. The average Bonchev–Trinajstić information content (AvgIpc) is 3.40. The third kappa shape index (κ3) is 6.68. The van der Waals surface area contributed by atoms with Gasteiger partial charge in [-0.1, -0.05) is 66.7 Å². The lowest BCUT2D eigenvalue weighted by atomic mass is 9.94. The summed E-state index contributed by atoms with van der Waals surface area (Å²) in [4.78, 5) is 18.8. The van der Waals surface area contributed by atoms with E-state index in [1.165, 1.54) is 11.8 Å². The van der Waals surface area contributed by atoms with Crippen molar-refractivity contribution in [3.05, 3.63) is 99.2 Å². The fourth-order valence-corrected chi connectivity index (χ4v) is 6.04. The van der Waals surface area contributed by atoms with Crippen LogP contribution in [-0.2, 0) is 10.5 Å². The van der Waals surface area contributed by atoms with Crippen LogP contribution in [0.3, 0.4) is 0 Å². The number of halogens is 1. The van der Waals surface area contributed by atoms with Gasteiger partial charge >= 0.3 is 0 Å². The van der Waals surface area contributed by atoms with Gasteiger partial charge in [0.05, 0.1) is 18.8 Å². The molecule has 224 valence electrons. The quantitative estimate of drug-likeness (QED) is 0.165. The minimum absolute atomic E-state index is 0.223. The first-order valence-corrected chi connectivity index (χ1v) is 15.7. The van der Waals surface area contributed by atoms with E-state index in [0.717, 1.165) is 34.4 Å². The molecule has 10 heteroatoms. The second-order valence-corrected chi connectivity index (χ2v) is 11.6. The van der Waals surface area contributed by atoms with Crippen LogP contribution in [0.25, 0.3) is 0 Å². The second kappa shape index (κ2) is 13.6. The van der Waals surface area contributed by atoms with Gasteiger partial charge in [0, 0.05) is 22.2 Å². The molecule has 0 aliphatic carbocycles. The fourth-order valence-electron chi connectivity index (χ4n) is 4.92. The van der Waals surface area contributed by atoms with Gasteiger partial charge in [-0.3, -0.25) is 4.79 Å². The zero-order valence-corrected chi connectivity index (χ0v) is 26.6. The van der Waals surface area contributed by atoms with Crippen molar-refractivity contribution in [2.45, 2.75) is 58.0 Å². The minimum Gasteiger partial charge on any atom is -0.490 e. The van der Waals surface area contributed by atoms with E-state index >= 15 is 0 Å². The summed E-state index contributed by atoms with van der Waals surface area (Å²) in [6, 6.07) is 18.9. The number of anilines is 2. The number of allylic oxidation sites excluding steroid dienone is 1. The SMILES string of the molecule is CCCOc1ccc(C2C(C(=O)Nc3cccc(C)c3C)=C(C)Nc3nc(SCc4ccccc4Cl)nn32)cc1OCC. The van der Waals surface area contributed by atoms with E-state index in [2.05, 4.69) is 17.6 Å². The molecule has 5 rings (SSSR count). The Morgan fingerprint density at radius 2 is 1.86 bits per heavy atom. The Morgan fingerprint density at radius 3 is 2.63 bits per heavy atom. The van der Waals surface area contributed by atoms with E-state index in [9.17, 15) is 4.79 Å². The molecule has 1 aliphatic heterocycles. The monoisotopic (exact) mass is 617 g/mol. The van der Waals surface area contributed by atoms with Crippen molar-refractivity contribution in [2.75, 3.05) is 23.8 Å². The molecule has 0 bridgehead atoms.